The maximum absolute atomic E-state index is 9.89. The van der Waals surface area contributed by atoms with E-state index in [1.807, 2.05) is 42.5 Å². The number of hydrogen-bond acceptors (Lipinski definition) is 4. The van der Waals surface area contributed by atoms with Crippen LogP contribution in [-0.2, 0) is 19.5 Å². The first-order valence-electron chi connectivity index (χ1n) is 9.28. The number of aromatic hydroxyl groups is 2. The second-order valence-corrected chi connectivity index (χ2v) is 7.56. The predicted octanol–water partition coefficient (Wildman–Crippen LogP) is 4.76. The number of fused-ring (bicyclic) bond motifs is 1. The topological polar surface area (TPSA) is 52.9 Å². The van der Waals surface area contributed by atoms with Crippen LogP contribution in [0.2, 0.25) is 5.02 Å². The van der Waals surface area contributed by atoms with Gasteiger partial charge in [-0.05, 0) is 59.5 Å². The van der Waals surface area contributed by atoms with E-state index >= 15 is 0 Å². The Kier molecular flexibility index (Phi) is 5.42. The Labute approximate surface area is 169 Å². The number of hydrogen-bond donors (Lipinski definition) is 2. The molecule has 144 valence electrons. The Morgan fingerprint density at radius 3 is 2.32 bits per heavy atom. The molecule has 1 atom stereocenters. The van der Waals surface area contributed by atoms with Gasteiger partial charge in [-0.2, -0.15) is 0 Å². The summed E-state index contributed by atoms with van der Waals surface area (Å²) >= 11 is 5.95. The number of benzene rings is 3. The summed E-state index contributed by atoms with van der Waals surface area (Å²) in [6, 6.07) is 21.2. The third-order valence-electron chi connectivity index (χ3n) is 5.13. The number of nitrogens with zero attached hydrogens (tertiary/aromatic N) is 1. The summed E-state index contributed by atoms with van der Waals surface area (Å²) in [5.41, 5.74) is 3.31. The SMILES string of the molecule is Oc1cc2c(cc1O)CN(Cc1ccccc1)C(COc1ccc(Cl)cc1)C2. The number of rotatable bonds is 5. The summed E-state index contributed by atoms with van der Waals surface area (Å²) in [5.74, 6) is 0.630. The van der Waals surface area contributed by atoms with E-state index in [-0.39, 0.29) is 17.5 Å². The smallest absolute Gasteiger partial charge is 0.157 e. The fourth-order valence-electron chi connectivity index (χ4n) is 3.62. The summed E-state index contributed by atoms with van der Waals surface area (Å²) in [6.45, 7) is 2.00. The van der Waals surface area contributed by atoms with E-state index in [1.165, 1.54) is 5.56 Å². The standard InChI is InChI=1S/C23H22ClNO3/c24-19-6-8-21(9-7-19)28-15-20-10-17-11-22(26)23(27)12-18(17)14-25(20)13-16-4-2-1-3-5-16/h1-9,11-12,20,26-27H,10,13-15H2. The van der Waals surface area contributed by atoms with Crippen LogP contribution in [0, 0.1) is 0 Å². The molecule has 1 aliphatic rings. The van der Waals surface area contributed by atoms with Crippen LogP contribution in [0.25, 0.3) is 0 Å². The highest BCUT2D eigenvalue weighted by Gasteiger charge is 2.28. The van der Waals surface area contributed by atoms with Crippen molar-refractivity contribution in [3.05, 3.63) is 88.4 Å². The molecule has 0 aliphatic carbocycles. The molecule has 0 bridgehead atoms. The van der Waals surface area contributed by atoms with Gasteiger partial charge in [0.25, 0.3) is 0 Å². The molecule has 0 fully saturated rings. The normalized spacial score (nSPS) is 16.5. The molecule has 0 saturated heterocycles. The van der Waals surface area contributed by atoms with Gasteiger partial charge in [0.05, 0.1) is 0 Å². The highest BCUT2D eigenvalue weighted by atomic mass is 35.5. The van der Waals surface area contributed by atoms with Gasteiger partial charge in [-0.1, -0.05) is 41.9 Å². The molecule has 0 radical (unpaired) electrons. The van der Waals surface area contributed by atoms with Gasteiger partial charge in [0.15, 0.2) is 11.5 Å². The number of phenolic OH excluding ortho intramolecular Hbond substituents is 2. The Hall–Kier alpha value is -2.69. The summed E-state index contributed by atoms with van der Waals surface area (Å²) in [4.78, 5) is 2.35. The van der Waals surface area contributed by atoms with Crippen molar-refractivity contribution < 1.29 is 14.9 Å². The van der Waals surface area contributed by atoms with Crippen molar-refractivity contribution in [1.82, 2.24) is 4.90 Å². The Bertz CT molecular complexity index is 944. The molecule has 1 aliphatic heterocycles. The fourth-order valence-corrected chi connectivity index (χ4v) is 3.75. The molecule has 4 nitrogen and oxygen atoms in total. The highest BCUT2D eigenvalue weighted by Crippen LogP contribution is 2.34. The molecule has 5 heteroatoms. The lowest BCUT2D eigenvalue weighted by molar-refractivity contribution is 0.109. The second-order valence-electron chi connectivity index (χ2n) is 7.12. The molecule has 0 spiro atoms. The lowest BCUT2D eigenvalue weighted by Gasteiger charge is -2.37. The Balaban J connectivity index is 1.56. The van der Waals surface area contributed by atoms with Crippen LogP contribution >= 0.6 is 11.6 Å². The van der Waals surface area contributed by atoms with Gasteiger partial charge in [-0.25, -0.2) is 0 Å². The summed E-state index contributed by atoms with van der Waals surface area (Å²) in [7, 11) is 0. The van der Waals surface area contributed by atoms with Gasteiger partial charge >= 0.3 is 0 Å². The molecule has 4 rings (SSSR count). The maximum Gasteiger partial charge on any atom is 0.157 e. The van der Waals surface area contributed by atoms with E-state index in [2.05, 4.69) is 17.0 Å². The van der Waals surface area contributed by atoms with Crippen molar-refractivity contribution in [3.8, 4) is 17.2 Å². The monoisotopic (exact) mass is 395 g/mol. The van der Waals surface area contributed by atoms with Crippen molar-refractivity contribution in [1.29, 1.82) is 0 Å². The number of halogens is 1. The quantitative estimate of drug-likeness (QED) is 0.612. The molecular weight excluding hydrogens is 374 g/mol. The van der Waals surface area contributed by atoms with Crippen molar-refractivity contribution in [2.24, 2.45) is 0 Å². The highest BCUT2D eigenvalue weighted by molar-refractivity contribution is 6.30. The van der Waals surface area contributed by atoms with Crippen molar-refractivity contribution in [2.45, 2.75) is 25.6 Å². The number of ether oxygens (including phenoxy) is 1. The van der Waals surface area contributed by atoms with Crippen molar-refractivity contribution in [2.75, 3.05) is 6.61 Å². The third-order valence-corrected chi connectivity index (χ3v) is 5.38. The number of phenols is 2. The van der Waals surface area contributed by atoms with Crippen LogP contribution in [0.15, 0.2) is 66.7 Å². The van der Waals surface area contributed by atoms with Gasteiger partial charge in [-0.15, -0.1) is 0 Å². The first-order chi connectivity index (χ1) is 13.6. The lowest BCUT2D eigenvalue weighted by atomic mass is 9.93. The van der Waals surface area contributed by atoms with Gasteiger partial charge in [0.1, 0.15) is 12.4 Å². The zero-order valence-corrected chi connectivity index (χ0v) is 16.1. The van der Waals surface area contributed by atoms with Crippen LogP contribution in [0.3, 0.4) is 0 Å². The minimum absolute atomic E-state index is 0.0747. The van der Waals surface area contributed by atoms with E-state index < -0.39 is 0 Å². The average Bonchev–Trinajstić information content (AvgIpc) is 2.70. The molecule has 2 N–H and O–H groups in total. The molecular formula is C23H22ClNO3. The second kappa shape index (κ2) is 8.13. The Morgan fingerprint density at radius 1 is 0.929 bits per heavy atom. The molecule has 1 unspecified atom stereocenters. The van der Waals surface area contributed by atoms with E-state index in [1.54, 1.807) is 12.1 Å². The first kappa shape index (κ1) is 18.7. The van der Waals surface area contributed by atoms with E-state index in [4.69, 9.17) is 16.3 Å². The van der Waals surface area contributed by atoms with Crippen molar-refractivity contribution >= 4 is 11.6 Å². The minimum atomic E-state index is -0.0763. The van der Waals surface area contributed by atoms with Gasteiger partial charge in [0, 0.05) is 24.2 Å². The van der Waals surface area contributed by atoms with Gasteiger partial charge < -0.3 is 14.9 Å². The average molecular weight is 396 g/mol. The summed E-state index contributed by atoms with van der Waals surface area (Å²) in [5, 5.41) is 20.5. The van der Waals surface area contributed by atoms with Crippen molar-refractivity contribution in [3.63, 3.8) is 0 Å². The van der Waals surface area contributed by atoms with Gasteiger partial charge in [0.2, 0.25) is 0 Å². The molecule has 3 aromatic rings. The van der Waals surface area contributed by atoms with Crippen LogP contribution in [0.1, 0.15) is 16.7 Å². The molecule has 0 aromatic heterocycles. The largest absolute Gasteiger partial charge is 0.504 e. The molecule has 0 amide bonds. The van der Waals surface area contributed by atoms with Crippen LogP contribution < -0.4 is 4.74 Å². The first-order valence-corrected chi connectivity index (χ1v) is 9.66. The van der Waals surface area contributed by atoms with E-state index in [9.17, 15) is 10.2 Å². The van der Waals surface area contributed by atoms with Crippen LogP contribution in [0.5, 0.6) is 17.2 Å². The van der Waals surface area contributed by atoms with Gasteiger partial charge in [-0.3, -0.25) is 4.90 Å². The third kappa shape index (κ3) is 4.24. The molecule has 0 saturated carbocycles. The van der Waals surface area contributed by atoms with Crippen LogP contribution in [0.4, 0.5) is 0 Å². The zero-order chi connectivity index (χ0) is 19.5. The summed E-state index contributed by atoms with van der Waals surface area (Å²) in [6.07, 6.45) is 0.740. The predicted molar refractivity (Wildman–Crippen MR) is 110 cm³/mol. The van der Waals surface area contributed by atoms with E-state index in [0.29, 0.717) is 18.2 Å². The van der Waals surface area contributed by atoms with E-state index in [0.717, 1.165) is 29.8 Å². The minimum Gasteiger partial charge on any atom is -0.504 e. The maximum atomic E-state index is 9.89. The Morgan fingerprint density at radius 2 is 1.61 bits per heavy atom. The molecule has 1 heterocycles. The molecule has 28 heavy (non-hydrogen) atoms. The fraction of sp³-hybridized carbons (Fsp3) is 0.217. The molecule has 3 aromatic carbocycles. The lowest BCUT2D eigenvalue weighted by Crippen LogP contribution is -2.43. The zero-order valence-electron chi connectivity index (χ0n) is 15.4. The van der Waals surface area contributed by atoms with Crippen LogP contribution in [-0.4, -0.2) is 27.8 Å². The summed E-state index contributed by atoms with van der Waals surface area (Å²) < 4.78 is 6.03.